The Morgan fingerprint density at radius 3 is 2.32 bits per heavy atom. The molecule has 11 heteroatoms. The van der Waals surface area contributed by atoms with Gasteiger partial charge in [-0.1, -0.05) is 12.1 Å². The van der Waals surface area contributed by atoms with Crippen LogP contribution in [0.1, 0.15) is 12.0 Å². The highest BCUT2D eigenvalue weighted by Gasteiger charge is 2.28. The quantitative estimate of drug-likeness (QED) is 0.279. The zero-order chi connectivity index (χ0) is 18.2. The Morgan fingerprint density at radius 2 is 1.76 bits per heavy atom. The Balaban J connectivity index is 0.00000576. The summed E-state index contributed by atoms with van der Waals surface area (Å²) in [5.74, 6) is 0.201. The van der Waals surface area contributed by atoms with Crippen molar-refractivity contribution in [3.8, 4) is 5.75 Å². The third-order valence-corrected chi connectivity index (χ3v) is 2.69. The van der Waals surface area contributed by atoms with Gasteiger partial charge in [0, 0.05) is 20.1 Å². The first kappa shape index (κ1) is 23.6. The molecule has 0 aliphatic carbocycles. The topological polar surface area (TPSA) is 45.7 Å². The minimum absolute atomic E-state index is 0. The molecule has 4 nitrogen and oxygen atoms in total. The molecular formula is C14H18F6IN3O. The SMILES string of the molecule is CN=C(NCCC(F)(F)F)NCc1cccc(OCC(F)(F)F)c1.I. The van der Waals surface area contributed by atoms with E-state index in [1.54, 1.807) is 6.07 Å². The summed E-state index contributed by atoms with van der Waals surface area (Å²) in [4.78, 5) is 3.76. The lowest BCUT2D eigenvalue weighted by molar-refractivity contribution is -0.153. The molecular weight excluding hydrogens is 467 g/mol. The van der Waals surface area contributed by atoms with Gasteiger partial charge in [0.25, 0.3) is 0 Å². The van der Waals surface area contributed by atoms with Crippen LogP contribution < -0.4 is 15.4 Å². The Bertz CT molecular complexity index is 548. The number of alkyl halides is 6. The van der Waals surface area contributed by atoms with E-state index >= 15 is 0 Å². The molecule has 1 aromatic rings. The van der Waals surface area contributed by atoms with Crippen LogP contribution in [0, 0.1) is 0 Å². The normalized spacial score (nSPS) is 12.4. The van der Waals surface area contributed by atoms with E-state index in [1.165, 1.54) is 25.2 Å². The summed E-state index contributed by atoms with van der Waals surface area (Å²) in [5, 5.41) is 5.26. The van der Waals surface area contributed by atoms with Gasteiger partial charge in [0.2, 0.25) is 0 Å². The molecule has 0 aromatic heterocycles. The molecule has 0 heterocycles. The molecule has 0 fully saturated rings. The van der Waals surface area contributed by atoms with Crippen molar-refractivity contribution >= 4 is 29.9 Å². The van der Waals surface area contributed by atoms with Crippen LogP contribution in [0.2, 0.25) is 0 Å². The summed E-state index contributed by atoms with van der Waals surface area (Å²) in [5.41, 5.74) is 0.591. The fourth-order valence-electron chi connectivity index (χ4n) is 1.64. The Hall–Kier alpha value is -1.40. The highest BCUT2D eigenvalue weighted by atomic mass is 127. The van der Waals surface area contributed by atoms with Gasteiger partial charge < -0.3 is 15.4 Å². The molecule has 0 saturated heterocycles. The fraction of sp³-hybridized carbons (Fsp3) is 0.500. The van der Waals surface area contributed by atoms with E-state index in [2.05, 4.69) is 20.4 Å². The number of hydrogen-bond acceptors (Lipinski definition) is 2. The van der Waals surface area contributed by atoms with Crippen LogP contribution in [0.5, 0.6) is 5.75 Å². The van der Waals surface area contributed by atoms with Crippen LogP contribution in [-0.4, -0.2) is 38.5 Å². The Labute approximate surface area is 158 Å². The first-order valence-corrected chi connectivity index (χ1v) is 6.89. The van der Waals surface area contributed by atoms with Gasteiger partial charge in [-0.05, 0) is 17.7 Å². The standard InChI is InChI=1S/C14H17F6N3O.HI/c1-21-12(22-6-5-13(15,16)17)23-8-10-3-2-4-11(7-10)24-9-14(18,19)20;/h2-4,7H,5-6,8-9H2,1H3,(H2,21,22,23);1H. The molecule has 0 radical (unpaired) electrons. The van der Waals surface area contributed by atoms with Gasteiger partial charge in [-0.3, -0.25) is 4.99 Å². The maximum absolute atomic E-state index is 12.1. The van der Waals surface area contributed by atoms with Gasteiger partial charge in [0.1, 0.15) is 5.75 Å². The van der Waals surface area contributed by atoms with Crippen LogP contribution in [0.15, 0.2) is 29.3 Å². The summed E-state index contributed by atoms with van der Waals surface area (Å²) in [6.45, 7) is -1.57. The van der Waals surface area contributed by atoms with E-state index in [1.807, 2.05) is 0 Å². The third kappa shape index (κ3) is 11.7. The predicted octanol–water partition coefficient (Wildman–Crippen LogP) is 3.86. The van der Waals surface area contributed by atoms with Crippen molar-refractivity contribution in [1.82, 2.24) is 10.6 Å². The molecule has 2 N–H and O–H groups in total. The fourth-order valence-corrected chi connectivity index (χ4v) is 1.64. The average Bonchev–Trinajstić information content (AvgIpc) is 2.47. The number of ether oxygens (including phenoxy) is 1. The number of nitrogens with one attached hydrogen (secondary N) is 2. The van der Waals surface area contributed by atoms with Crippen molar-refractivity contribution in [2.45, 2.75) is 25.3 Å². The van der Waals surface area contributed by atoms with Gasteiger partial charge >= 0.3 is 12.4 Å². The van der Waals surface area contributed by atoms with E-state index in [9.17, 15) is 26.3 Å². The number of hydrogen-bond donors (Lipinski definition) is 2. The van der Waals surface area contributed by atoms with Gasteiger partial charge in [0.05, 0.1) is 6.42 Å². The second-order valence-corrected chi connectivity index (χ2v) is 4.77. The summed E-state index contributed by atoms with van der Waals surface area (Å²) in [6.07, 6.45) is -9.71. The molecule has 0 aliphatic heterocycles. The summed E-state index contributed by atoms with van der Waals surface area (Å²) in [6, 6.07) is 5.94. The lowest BCUT2D eigenvalue weighted by Gasteiger charge is -2.14. The number of halogens is 7. The van der Waals surface area contributed by atoms with E-state index in [0.717, 1.165) is 0 Å². The van der Waals surface area contributed by atoms with Crippen LogP contribution in [0.4, 0.5) is 26.3 Å². The summed E-state index contributed by atoms with van der Waals surface area (Å²) >= 11 is 0. The molecule has 1 rings (SSSR count). The smallest absolute Gasteiger partial charge is 0.422 e. The van der Waals surface area contributed by atoms with Crippen LogP contribution in [0.3, 0.4) is 0 Å². The zero-order valence-corrected chi connectivity index (χ0v) is 15.5. The van der Waals surface area contributed by atoms with Crippen LogP contribution >= 0.6 is 24.0 Å². The second-order valence-electron chi connectivity index (χ2n) is 4.77. The number of benzene rings is 1. The van der Waals surface area contributed by atoms with E-state index in [0.29, 0.717) is 5.56 Å². The molecule has 0 atom stereocenters. The first-order chi connectivity index (χ1) is 11.1. The van der Waals surface area contributed by atoms with E-state index < -0.39 is 25.4 Å². The molecule has 0 saturated carbocycles. The van der Waals surface area contributed by atoms with Gasteiger partial charge in [-0.2, -0.15) is 26.3 Å². The minimum Gasteiger partial charge on any atom is -0.484 e. The van der Waals surface area contributed by atoms with Crippen molar-refractivity contribution in [3.05, 3.63) is 29.8 Å². The molecule has 144 valence electrons. The largest absolute Gasteiger partial charge is 0.484 e. The maximum Gasteiger partial charge on any atom is 0.422 e. The van der Waals surface area contributed by atoms with Gasteiger partial charge in [-0.25, -0.2) is 0 Å². The number of nitrogens with zero attached hydrogens (tertiary/aromatic N) is 1. The highest BCUT2D eigenvalue weighted by Crippen LogP contribution is 2.19. The van der Waals surface area contributed by atoms with E-state index in [4.69, 9.17) is 0 Å². The molecule has 0 unspecified atom stereocenters. The second kappa shape index (κ2) is 10.6. The minimum atomic E-state index is -4.43. The van der Waals surface area contributed by atoms with Crippen molar-refractivity contribution in [3.63, 3.8) is 0 Å². The summed E-state index contributed by atoms with van der Waals surface area (Å²) < 4.78 is 77.1. The Kier molecular flexibility index (Phi) is 9.97. The zero-order valence-electron chi connectivity index (χ0n) is 13.2. The van der Waals surface area contributed by atoms with E-state index in [-0.39, 0.29) is 48.8 Å². The van der Waals surface area contributed by atoms with Crippen LogP contribution in [0.25, 0.3) is 0 Å². The number of guanidine groups is 1. The molecule has 1 aromatic carbocycles. The maximum atomic E-state index is 12.1. The molecule has 0 aliphatic rings. The number of aliphatic imine (C=N–C) groups is 1. The highest BCUT2D eigenvalue weighted by molar-refractivity contribution is 14.0. The first-order valence-electron chi connectivity index (χ1n) is 6.89. The number of rotatable bonds is 6. The monoisotopic (exact) mass is 485 g/mol. The van der Waals surface area contributed by atoms with Crippen molar-refractivity contribution in [1.29, 1.82) is 0 Å². The summed E-state index contributed by atoms with van der Waals surface area (Å²) in [7, 11) is 1.39. The third-order valence-electron chi connectivity index (χ3n) is 2.69. The van der Waals surface area contributed by atoms with Gasteiger partial charge in [0.15, 0.2) is 12.6 Å². The van der Waals surface area contributed by atoms with Crippen molar-refractivity contribution in [2.75, 3.05) is 20.2 Å². The molecule has 0 amide bonds. The molecule has 0 spiro atoms. The van der Waals surface area contributed by atoms with Crippen LogP contribution in [-0.2, 0) is 6.54 Å². The van der Waals surface area contributed by atoms with Gasteiger partial charge in [-0.15, -0.1) is 24.0 Å². The van der Waals surface area contributed by atoms with Crippen molar-refractivity contribution < 1.29 is 31.1 Å². The molecule has 0 bridgehead atoms. The lowest BCUT2D eigenvalue weighted by atomic mass is 10.2. The predicted molar refractivity (Wildman–Crippen MR) is 92.3 cm³/mol. The Morgan fingerprint density at radius 1 is 1.08 bits per heavy atom. The average molecular weight is 485 g/mol. The van der Waals surface area contributed by atoms with Crippen molar-refractivity contribution in [2.24, 2.45) is 4.99 Å². The lowest BCUT2D eigenvalue weighted by Crippen LogP contribution is -2.38. The molecule has 25 heavy (non-hydrogen) atoms.